The summed E-state index contributed by atoms with van der Waals surface area (Å²) in [6, 6.07) is 10.3. The van der Waals surface area contributed by atoms with Crippen LogP contribution in [0.4, 0.5) is 5.69 Å². The third-order valence-electron chi connectivity index (χ3n) is 3.86. The fourth-order valence-electron chi connectivity index (χ4n) is 2.08. The van der Waals surface area contributed by atoms with E-state index in [0.29, 0.717) is 22.5 Å². The zero-order chi connectivity index (χ0) is 18.6. The van der Waals surface area contributed by atoms with Crippen molar-refractivity contribution >= 4 is 50.4 Å². The Hall–Kier alpha value is -1.83. The van der Waals surface area contributed by atoms with Crippen molar-refractivity contribution in [2.24, 2.45) is 0 Å². The number of amides is 1. The summed E-state index contributed by atoms with van der Waals surface area (Å²) in [4.78, 5) is 27.0. The van der Waals surface area contributed by atoms with E-state index >= 15 is 0 Å². The SMILES string of the molecule is CC(CC(=N)C(=O)c1ccc(NC(=O)c2ccc(Br)s2)cc1)N(C)C. The molecular formula is C18H20BrN3O2S. The number of Topliss-reactive ketones (excluding diaryl/α,β-unsaturated/α-hetero) is 1. The van der Waals surface area contributed by atoms with Crippen LogP contribution >= 0.6 is 27.3 Å². The minimum Gasteiger partial charge on any atom is -0.321 e. The van der Waals surface area contributed by atoms with Crippen molar-refractivity contribution in [1.82, 2.24) is 4.90 Å². The monoisotopic (exact) mass is 421 g/mol. The van der Waals surface area contributed by atoms with Gasteiger partial charge in [0.2, 0.25) is 5.78 Å². The molecule has 0 spiro atoms. The number of nitrogens with zero attached hydrogens (tertiary/aromatic N) is 1. The molecule has 0 bridgehead atoms. The molecule has 0 aliphatic heterocycles. The Kier molecular flexibility index (Phi) is 6.64. The summed E-state index contributed by atoms with van der Waals surface area (Å²) >= 11 is 4.68. The van der Waals surface area contributed by atoms with Gasteiger partial charge in [-0.3, -0.25) is 9.59 Å². The zero-order valence-electron chi connectivity index (χ0n) is 14.3. The summed E-state index contributed by atoms with van der Waals surface area (Å²) in [5, 5.41) is 10.8. The number of carbonyl (C=O) groups excluding carboxylic acids is 2. The predicted molar refractivity (Wildman–Crippen MR) is 106 cm³/mol. The van der Waals surface area contributed by atoms with Gasteiger partial charge in [-0.25, -0.2) is 0 Å². The second-order valence-electron chi connectivity index (χ2n) is 5.96. The summed E-state index contributed by atoms with van der Waals surface area (Å²) in [5.41, 5.74) is 1.15. The first-order valence-corrected chi connectivity index (χ1v) is 9.34. The summed E-state index contributed by atoms with van der Waals surface area (Å²) in [7, 11) is 3.85. The predicted octanol–water partition coefficient (Wildman–Crippen LogP) is 4.31. The van der Waals surface area contributed by atoms with E-state index in [9.17, 15) is 9.59 Å². The molecule has 25 heavy (non-hydrogen) atoms. The van der Waals surface area contributed by atoms with Crippen LogP contribution in [0.2, 0.25) is 0 Å². The van der Waals surface area contributed by atoms with Gasteiger partial charge in [0.1, 0.15) is 0 Å². The standard InChI is InChI=1S/C18H20BrN3O2S/c1-11(22(2)3)10-14(20)17(23)12-4-6-13(7-5-12)21-18(24)15-8-9-16(19)25-15/h4-9,11,20H,10H2,1-3H3,(H,21,24). The Morgan fingerprint density at radius 2 is 1.84 bits per heavy atom. The van der Waals surface area contributed by atoms with Crippen molar-refractivity contribution in [2.45, 2.75) is 19.4 Å². The molecule has 0 saturated heterocycles. The number of carbonyl (C=O) groups is 2. The molecule has 1 unspecified atom stereocenters. The molecule has 2 aromatic rings. The molecule has 0 saturated carbocycles. The Morgan fingerprint density at radius 3 is 2.36 bits per heavy atom. The quantitative estimate of drug-likeness (QED) is 0.516. The first-order chi connectivity index (χ1) is 11.8. The summed E-state index contributed by atoms with van der Waals surface area (Å²) < 4.78 is 0.893. The molecule has 1 atom stereocenters. The summed E-state index contributed by atoms with van der Waals surface area (Å²) in [6.45, 7) is 1.98. The Bertz CT molecular complexity index is 784. The van der Waals surface area contributed by atoms with Gasteiger partial charge in [0.25, 0.3) is 5.91 Å². The molecule has 2 N–H and O–H groups in total. The van der Waals surface area contributed by atoms with E-state index in [1.165, 1.54) is 11.3 Å². The second-order valence-corrected chi connectivity index (χ2v) is 8.42. The van der Waals surface area contributed by atoms with E-state index in [2.05, 4.69) is 21.2 Å². The highest BCUT2D eigenvalue weighted by Gasteiger charge is 2.17. The lowest BCUT2D eigenvalue weighted by Crippen LogP contribution is -2.29. The fraction of sp³-hybridized carbons (Fsp3) is 0.278. The molecule has 0 aliphatic carbocycles. The molecule has 0 radical (unpaired) electrons. The van der Waals surface area contributed by atoms with E-state index in [4.69, 9.17) is 5.41 Å². The van der Waals surface area contributed by atoms with Crippen LogP contribution in [0.3, 0.4) is 0 Å². The van der Waals surface area contributed by atoms with Crippen LogP contribution in [0.15, 0.2) is 40.2 Å². The average molecular weight is 422 g/mol. The lowest BCUT2D eigenvalue weighted by Gasteiger charge is -2.19. The minimum absolute atomic E-state index is 0.0846. The van der Waals surface area contributed by atoms with Crippen LogP contribution in [0.25, 0.3) is 0 Å². The van der Waals surface area contributed by atoms with Gasteiger partial charge in [0.15, 0.2) is 0 Å². The number of hydrogen-bond donors (Lipinski definition) is 2. The largest absolute Gasteiger partial charge is 0.321 e. The van der Waals surface area contributed by atoms with Crippen LogP contribution in [0.1, 0.15) is 33.4 Å². The summed E-state index contributed by atoms with van der Waals surface area (Å²) in [6.07, 6.45) is 0.400. The maximum Gasteiger partial charge on any atom is 0.265 e. The number of hydrogen-bond acceptors (Lipinski definition) is 5. The van der Waals surface area contributed by atoms with Crippen LogP contribution in [-0.4, -0.2) is 42.4 Å². The van der Waals surface area contributed by atoms with E-state index in [1.54, 1.807) is 30.3 Å². The number of benzene rings is 1. The highest BCUT2D eigenvalue weighted by molar-refractivity contribution is 9.11. The number of halogens is 1. The topological polar surface area (TPSA) is 73.3 Å². The smallest absolute Gasteiger partial charge is 0.265 e. The Morgan fingerprint density at radius 1 is 1.20 bits per heavy atom. The first-order valence-electron chi connectivity index (χ1n) is 7.73. The van der Waals surface area contributed by atoms with Gasteiger partial charge >= 0.3 is 0 Å². The van der Waals surface area contributed by atoms with Crippen LogP contribution in [0, 0.1) is 5.41 Å². The molecule has 1 aromatic carbocycles. The van der Waals surface area contributed by atoms with E-state index in [0.717, 1.165) is 3.79 Å². The normalized spacial score (nSPS) is 12.0. The molecule has 0 fully saturated rings. The van der Waals surface area contributed by atoms with Gasteiger partial charge in [-0.15, -0.1) is 11.3 Å². The maximum absolute atomic E-state index is 12.3. The van der Waals surface area contributed by atoms with Crippen molar-refractivity contribution in [3.63, 3.8) is 0 Å². The Labute approximate surface area is 159 Å². The fourth-order valence-corrected chi connectivity index (χ4v) is 3.36. The molecule has 7 heteroatoms. The molecular weight excluding hydrogens is 402 g/mol. The maximum atomic E-state index is 12.3. The second kappa shape index (κ2) is 8.51. The average Bonchev–Trinajstić information content (AvgIpc) is 3.01. The third-order valence-corrected chi connectivity index (χ3v) is 5.48. The third kappa shape index (κ3) is 5.32. The van der Waals surface area contributed by atoms with Crippen LogP contribution < -0.4 is 5.32 Å². The molecule has 1 aromatic heterocycles. The molecule has 2 rings (SSSR count). The van der Waals surface area contributed by atoms with Crippen molar-refractivity contribution in [3.05, 3.63) is 50.6 Å². The zero-order valence-corrected chi connectivity index (χ0v) is 16.7. The molecule has 1 heterocycles. The van der Waals surface area contributed by atoms with Gasteiger partial charge in [0.05, 0.1) is 14.4 Å². The van der Waals surface area contributed by atoms with Gasteiger partial charge in [-0.1, -0.05) is 0 Å². The highest BCUT2D eigenvalue weighted by Crippen LogP contribution is 2.23. The molecule has 0 aliphatic rings. The van der Waals surface area contributed by atoms with E-state index in [1.807, 2.05) is 32.0 Å². The minimum atomic E-state index is -0.284. The number of nitrogens with one attached hydrogen (secondary N) is 2. The number of anilines is 1. The van der Waals surface area contributed by atoms with Crippen molar-refractivity contribution in [2.75, 3.05) is 19.4 Å². The highest BCUT2D eigenvalue weighted by atomic mass is 79.9. The van der Waals surface area contributed by atoms with E-state index < -0.39 is 0 Å². The lowest BCUT2D eigenvalue weighted by molar-refractivity contribution is 0.102. The van der Waals surface area contributed by atoms with E-state index in [-0.39, 0.29) is 23.4 Å². The number of thiophene rings is 1. The summed E-state index contributed by atoms with van der Waals surface area (Å²) in [5.74, 6) is -0.476. The number of ketones is 1. The molecule has 1 amide bonds. The van der Waals surface area contributed by atoms with Crippen LogP contribution in [-0.2, 0) is 0 Å². The van der Waals surface area contributed by atoms with Gasteiger partial charge in [-0.05, 0) is 73.3 Å². The number of rotatable bonds is 7. The first kappa shape index (κ1) is 19.5. The van der Waals surface area contributed by atoms with Crippen molar-refractivity contribution in [3.8, 4) is 0 Å². The van der Waals surface area contributed by atoms with Crippen molar-refractivity contribution < 1.29 is 9.59 Å². The van der Waals surface area contributed by atoms with Crippen molar-refractivity contribution in [1.29, 1.82) is 5.41 Å². The molecule has 5 nitrogen and oxygen atoms in total. The Balaban J connectivity index is 2.00. The lowest BCUT2D eigenvalue weighted by atomic mass is 10.0. The van der Waals surface area contributed by atoms with Gasteiger partial charge < -0.3 is 15.6 Å². The molecule has 132 valence electrons. The van der Waals surface area contributed by atoms with Crippen LogP contribution in [0.5, 0.6) is 0 Å². The van der Waals surface area contributed by atoms with Gasteiger partial charge in [0, 0.05) is 23.7 Å². The van der Waals surface area contributed by atoms with Gasteiger partial charge in [-0.2, -0.15) is 0 Å².